The van der Waals surface area contributed by atoms with Crippen LogP contribution in [0.25, 0.3) is 0 Å². The molecule has 0 aliphatic heterocycles. The molecule has 2 aromatic heterocycles. The van der Waals surface area contributed by atoms with Crippen molar-refractivity contribution in [3.63, 3.8) is 0 Å². The summed E-state index contributed by atoms with van der Waals surface area (Å²) in [6, 6.07) is 11.7. The number of aromatic nitrogens is 2. The molecular formula is C21H26N4O2. The van der Waals surface area contributed by atoms with Gasteiger partial charge in [0.1, 0.15) is 5.76 Å². The van der Waals surface area contributed by atoms with Crippen molar-refractivity contribution >= 4 is 11.6 Å². The lowest BCUT2D eigenvalue weighted by Crippen LogP contribution is -2.22. The molecule has 1 aromatic carbocycles. The minimum atomic E-state index is -0.127. The number of furan rings is 1. The number of rotatable bonds is 6. The molecule has 0 unspecified atom stereocenters. The van der Waals surface area contributed by atoms with E-state index in [9.17, 15) is 4.79 Å². The molecule has 3 rings (SSSR count). The summed E-state index contributed by atoms with van der Waals surface area (Å²) < 4.78 is 7.26. The molecule has 0 radical (unpaired) electrons. The molecule has 0 spiro atoms. The van der Waals surface area contributed by atoms with Gasteiger partial charge in [0.2, 0.25) is 0 Å². The van der Waals surface area contributed by atoms with Crippen molar-refractivity contribution in [3.05, 3.63) is 70.9 Å². The Morgan fingerprint density at radius 2 is 2.07 bits per heavy atom. The third-order valence-electron chi connectivity index (χ3n) is 4.98. The van der Waals surface area contributed by atoms with E-state index < -0.39 is 0 Å². The fourth-order valence-corrected chi connectivity index (χ4v) is 3.12. The van der Waals surface area contributed by atoms with E-state index in [-0.39, 0.29) is 11.9 Å². The van der Waals surface area contributed by atoms with E-state index in [1.807, 2.05) is 64.3 Å². The lowest BCUT2D eigenvalue weighted by atomic mass is 10.1. The number of aryl methyl sites for hydroxylation is 2. The van der Waals surface area contributed by atoms with E-state index in [0.717, 1.165) is 28.4 Å². The Morgan fingerprint density at radius 3 is 2.70 bits per heavy atom. The number of carbonyl (C=O) groups is 1. The number of anilines is 1. The molecule has 6 nitrogen and oxygen atoms in total. The average Bonchev–Trinajstić information content (AvgIpc) is 3.26. The zero-order valence-corrected chi connectivity index (χ0v) is 16.5. The van der Waals surface area contributed by atoms with Gasteiger partial charge in [-0.15, -0.1) is 0 Å². The van der Waals surface area contributed by atoms with Gasteiger partial charge in [0, 0.05) is 19.2 Å². The van der Waals surface area contributed by atoms with Crippen molar-refractivity contribution in [3.8, 4) is 0 Å². The van der Waals surface area contributed by atoms with Crippen molar-refractivity contribution in [2.45, 2.75) is 33.4 Å². The van der Waals surface area contributed by atoms with Crippen LogP contribution in [0.1, 0.15) is 46.0 Å². The van der Waals surface area contributed by atoms with Crippen LogP contribution >= 0.6 is 0 Å². The summed E-state index contributed by atoms with van der Waals surface area (Å²) in [5.41, 5.74) is 4.23. The number of hydrogen-bond acceptors (Lipinski definition) is 4. The molecule has 1 atom stereocenters. The molecule has 3 aromatic rings. The van der Waals surface area contributed by atoms with E-state index in [4.69, 9.17) is 4.42 Å². The number of hydrogen-bond donors (Lipinski definition) is 1. The number of nitrogens with one attached hydrogen (secondary N) is 1. The lowest BCUT2D eigenvalue weighted by molar-refractivity contribution is 0.102. The van der Waals surface area contributed by atoms with Gasteiger partial charge >= 0.3 is 0 Å². The molecule has 142 valence electrons. The Hall–Kier alpha value is -2.86. The van der Waals surface area contributed by atoms with Gasteiger partial charge in [0.25, 0.3) is 5.91 Å². The first-order valence-electron chi connectivity index (χ1n) is 9.01. The third-order valence-corrected chi connectivity index (χ3v) is 4.98. The molecule has 1 N–H and O–H groups in total. The summed E-state index contributed by atoms with van der Waals surface area (Å²) in [5.74, 6) is 0.798. The molecule has 1 amide bonds. The molecule has 0 saturated carbocycles. The lowest BCUT2D eigenvalue weighted by Gasteiger charge is -2.23. The average molecular weight is 366 g/mol. The van der Waals surface area contributed by atoms with E-state index >= 15 is 0 Å². The second-order valence-electron chi connectivity index (χ2n) is 6.93. The minimum Gasteiger partial charge on any atom is -0.468 e. The van der Waals surface area contributed by atoms with E-state index in [2.05, 4.69) is 22.2 Å². The van der Waals surface area contributed by atoms with Crippen molar-refractivity contribution in [1.29, 1.82) is 0 Å². The Balaban J connectivity index is 1.72. The summed E-state index contributed by atoms with van der Waals surface area (Å²) in [6.07, 6.45) is 1.69. The molecular weight excluding hydrogens is 340 g/mol. The standard InChI is InChI=1S/C21H26N4O2/c1-14-20(16(3)25(5)23-14)22-21(26)18-9-6-8-17(12-18)13-24(4)15(2)19-10-7-11-27-19/h6-12,15H,13H2,1-5H3,(H,22,26)/t15-/m1/s1. The Morgan fingerprint density at radius 1 is 1.30 bits per heavy atom. The van der Waals surface area contributed by atoms with Crippen LogP contribution in [0.15, 0.2) is 47.1 Å². The van der Waals surface area contributed by atoms with Gasteiger partial charge in [-0.3, -0.25) is 14.4 Å². The summed E-state index contributed by atoms with van der Waals surface area (Å²) in [7, 11) is 3.91. The van der Waals surface area contributed by atoms with E-state index in [1.54, 1.807) is 10.9 Å². The van der Waals surface area contributed by atoms with Crippen LogP contribution in [0.5, 0.6) is 0 Å². The van der Waals surface area contributed by atoms with Crippen LogP contribution in [0.3, 0.4) is 0 Å². The smallest absolute Gasteiger partial charge is 0.255 e. The highest BCUT2D eigenvalue weighted by molar-refractivity contribution is 6.05. The largest absolute Gasteiger partial charge is 0.468 e. The highest BCUT2D eigenvalue weighted by Gasteiger charge is 2.16. The van der Waals surface area contributed by atoms with Gasteiger partial charge in [-0.05, 0) is 57.6 Å². The van der Waals surface area contributed by atoms with Crippen molar-refractivity contribution in [1.82, 2.24) is 14.7 Å². The van der Waals surface area contributed by atoms with Crippen LogP contribution in [-0.4, -0.2) is 27.6 Å². The minimum absolute atomic E-state index is 0.127. The number of nitrogens with zero attached hydrogens (tertiary/aromatic N) is 3. The summed E-state index contributed by atoms with van der Waals surface area (Å²) in [5, 5.41) is 7.33. The van der Waals surface area contributed by atoms with E-state index in [0.29, 0.717) is 12.1 Å². The molecule has 0 fully saturated rings. The highest BCUT2D eigenvalue weighted by Crippen LogP contribution is 2.22. The quantitative estimate of drug-likeness (QED) is 0.714. The van der Waals surface area contributed by atoms with Crippen LogP contribution in [0.2, 0.25) is 0 Å². The van der Waals surface area contributed by atoms with Crippen LogP contribution < -0.4 is 5.32 Å². The molecule has 2 heterocycles. The maximum absolute atomic E-state index is 12.7. The molecule has 0 aliphatic rings. The summed E-state index contributed by atoms with van der Waals surface area (Å²) >= 11 is 0. The van der Waals surface area contributed by atoms with Gasteiger partial charge in [-0.2, -0.15) is 5.10 Å². The zero-order chi connectivity index (χ0) is 19.6. The van der Waals surface area contributed by atoms with Gasteiger partial charge in [-0.25, -0.2) is 0 Å². The van der Waals surface area contributed by atoms with Gasteiger partial charge in [0.05, 0.1) is 29.4 Å². The maximum Gasteiger partial charge on any atom is 0.255 e. The van der Waals surface area contributed by atoms with Crippen molar-refractivity contribution < 1.29 is 9.21 Å². The number of carbonyl (C=O) groups excluding carboxylic acids is 1. The molecule has 27 heavy (non-hydrogen) atoms. The predicted octanol–water partition coefficient (Wildman–Crippen LogP) is 4.08. The van der Waals surface area contributed by atoms with Crippen LogP contribution in [0, 0.1) is 13.8 Å². The zero-order valence-electron chi connectivity index (χ0n) is 16.5. The predicted molar refractivity (Wildman–Crippen MR) is 106 cm³/mol. The molecule has 0 saturated heterocycles. The van der Waals surface area contributed by atoms with Gasteiger partial charge < -0.3 is 9.73 Å². The number of benzene rings is 1. The van der Waals surface area contributed by atoms with Crippen molar-refractivity contribution in [2.24, 2.45) is 7.05 Å². The van der Waals surface area contributed by atoms with Crippen molar-refractivity contribution in [2.75, 3.05) is 12.4 Å². The SMILES string of the molecule is Cc1nn(C)c(C)c1NC(=O)c1cccc(CN(C)[C@H](C)c2ccco2)c1. The normalized spacial score (nSPS) is 12.4. The second-order valence-corrected chi connectivity index (χ2v) is 6.93. The summed E-state index contributed by atoms with van der Waals surface area (Å²) in [6.45, 7) is 6.65. The first kappa shape index (κ1) is 18.9. The third kappa shape index (κ3) is 4.11. The monoisotopic (exact) mass is 366 g/mol. The fourth-order valence-electron chi connectivity index (χ4n) is 3.12. The van der Waals surface area contributed by atoms with Crippen LogP contribution in [-0.2, 0) is 13.6 Å². The second kappa shape index (κ2) is 7.80. The Labute approximate surface area is 159 Å². The Kier molecular flexibility index (Phi) is 5.46. The molecule has 0 bridgehead atoms. The molecule has 0 aliphatic carbocycles. The highest BCUT2D eigenvalue weighted by atomic mass is 16.3. The Bertz CT molecular complexity index is 928. The van der Waals surface area contributed by atoms with Gasteiger partial charge in [-0.1, -0.05) is 12.1 Å². The van der Waals surface area contributed by atoms with E-state index in [1.165, 1.54) is 0 Å². The number of amides is 1. The summed E-state index contributed by atoms with van der Waals surface area (Å²) in [4.78, 5) is 14.9. The fraction of sp³-hybridized carbons (Fsp3) is 0.333. The first-order chi connectivity index (χ1) is 12.9. The topological polar surface area (TPSA) is 63.3 Å². The maximum atomic E-state index is 12.7. The first-order valence-corrected chi connectivity index (χ1v) is 9.01. The molecule has 6 heteroatoms. The van der Waals surface area contributed by atoms with Crippen LogP contribution in [0.4, 0.5) is 5.69 Å². The van der Waals surface area contributed by atoms with Gasteiger partial charge in [0.15, 0.2) is 0 Å².